The molecule has 16 heavy (non-hydrogen) atoms. The Morgan fingerprint density at radius 1 is 1.31 bits per heavy atom. The highest BCUT2D eigenvalue weighted by Crippen LogP contribution is 2.30. The van der Waals surface area contributed by atoms with Crippen molar-refractivity contribution < 1.29 is 9.13 Å². The van der Waals surface area contributed by atoms with Crippen molar-refractivity contribution in [3.05, 3.63) is 59.8 Å². The molecule has 0 saturated heterocycles. The summed E-state index contributed by atoms with van der Waals surface area (Å²) >= 11 is 0. The Kier molecular flexibility index (Phi) is 2.95. The zero-order chi connectivity index (χ0) is 11.5. The highest BCUT2D eigenvalue weighted by Gasteiger charge is 2.24. The van der Waals surface area contributed by atoms with E-state index in [9.17, 15) is 4.39 Å². The molecule has 1 aliphatic rings. The van der Waals surface area contributed by atoms with E-state index in [1.54, 1.807) is 18.4 Å². The zero-order valence-corrected chi connectivity index (χ0v) is 9.35. The Balaban J connectivity index is 2.17. The number of likely N-dealkylation sites (N-methyl/N-ethyl adjacent to an activating group) is 1. The first kappa shape index (κ1) is 10.7. The number of hydrogen-bond donors (Lipinski definition) is 0. The van der Waals surface area contributed by atoms with E-state index >= 15 is 0 Å². The van der Waals surface area contributed by atoms with Crippen LogP contribution in [0.25, 0.3) is 0 Å². The van der Waals surface area contributed by atoms with Crippen LogP contribution in [0.1, 0.15) is 18.7 Å². The molecule has 1 aromatic rings. The van der Waals surface area contributed by atoms with Crippen LogP contribution in [0.4, 0.5) is 4.39 Å². The molecule has 1 aromatic carbocycles. The van der Waals surface area contributed by atoms with Gasteiger partial charge in [0.1, 0.15) is 12.1 Å². The fraction of sp³-hybridized carbons (Fsp3) is 0.231. The van der Waals surface area contributed by atoms with E-state index in [1.165, 1.54) is 12.1 Å². The maximum atomic E-state index is 12.8. The lowest BCUT2D eigenvalue weighted by molar-refractivity contribution is 0.0703. The maximum Gasteiger partial charge on any atom is 0.197 e. The number of benzene rings is 1. The monoisotopic (exact) mass is 219 g/mol. The van der Waals surface area contributed by atoms with Gasteiger partial charge in [-0.05, 0) is 25.1 Å². The molecule has 1 atom stereocenters. The van der Waals surface area contributed by atoms with E-state index in [0.29, 0.717) is 0 Å². The van der Waals surface area contributed by atoms with Crippen molar-refractivity contribution in [2.75, 3.05) is 7.05 Å². The normalized spacial score (nSPS) is 20.1. The van der Waals surface area contributed by atoms with Crippen molar-refractivity contribution in [2.45, 2.75) is 13.2 Å². The van der Waals surface area contributed by atoms with Gasteiger partial charge in [0.15, 0.2) is 6.23 Å². The van der Waals surface area contributed by atoms with Gasteiger partial charge in [0.2, 0.25) is 0 Å². The summed E-state index contributed by atoms with van der Waals surface area (Å²) in [6.45, 7) is 1.96. The third-order valence-electron chi connectivity index (χ3n) is 2.57. The minimum absolute atomic E-state index is 0.160. The first-order valence-corrected chi connectivity index (χ1v) is 5.19. The van der Waals surface area contributed by atoms with Crippen molar-refractivity contribution in [3.63, 3.8) is 0 Å². The molecule has 84 valence electrons. The van der Waals surface area contributed by atoms with Gasteiger partial charge in [-0.2, -0.15) is 0 Å². The van der Waals surface area contributed by atoms with E-state index in [2.05, 4.69) is 0 Å². The van der Waals surface area contributed by atoms with E-state index in [4.69, 9.17) is 4.74 Å². The number of allylic oxidation sites excluding steroid dienone is 2. The van der Waals surface area contributed by atoms with Gasteiger partial charge in [-0.1, -0.05) is 18.2 Å². The lowest BCUT2D eigenvalue weighted by Gasteiger charge is -2.22. The molecule has 2 rings (SSSR count). The topological polar surface area (TPSA) is 12.5 Å². The van der Waals surface area contributed by atoms with E-state index in [-0.39, 0.29) is 12.0 Å². The predicted molar refractivity (Wildman–Crippen MR) is 60.9 cm³/mol. The number of ether oxygens (including phenoxy) is 1. The minimum Gasteiger partial charge on any atom is -0.472 e. The van der Waals surface area contributed by atoms with Crippen molar-refractivity contribution in [2.24, 2.45) is 0 Å². The molecule has 0 N–H and O–H groups in total. The third-order valence-corrected chi connectivity index (χ3v) is 2.57. The summed E-state index contributed by atoms with van der Waals surface area (Å²) in [7, 11) is 1.95. The molecule has 1 aliphatic heterocycles. The number of rotatable bonds is 2. The van der Waals surface area contributed by atoms with Gasteiger partial charge in [-0.15, -0.1) is 0 Å². The summed E-state index contributed by atoms with van der Waals surface area (Å²) in [5, 5.41) is 0. The first-order chi connectivity index (χ1) is 7.72. The molecular weight excluding hydrogens is 205 g/mol. The van der Waals surface area contributed by atoms with Crippen molar-refractivity contribution in [3.8, 4) is 0 Å². The minimum atomic E-state index is -0.231. The van der Waals surface area contributed by atoms with Crippen LogP contribution in [0.3, 0.4) is 0 Å². The second kappa shape index (κ2) is 4.39. The Labute approximate surface area is 94.6 Å². The highest BCUT2D eigenvalue weighted by atomic mass is 19.1. The molecular formula is C13H14FNO. The first-order valence-electron chi connectivity index (χ1n) is 5.19. The summed E-state index contributed by atoms with van der Waals surface area (Å²) in [5.74, 6) is -0.231. The zero-order valence-electron chi connectivity index (χ0n) is 9.35. The summed E-state index contributed by atoms with van der Waals surface area (Å²) in [6, 6.07) is 6.37. The van der Waals surface area contributed by atoms with Gasteiger partial charge in [-0.3, -0.25) is 0 Å². The second-order valence-corrected chi connectivity index (χ2v) is 3.69. The molecule has 3 heteroatoms. The van der Waals surface area contributed by atoms with Crippen LogP contribution in [-0.4, -0.2) is 11.9 Å². The van der Waals surface area contributed by atoms with Crippen molar-refractivity contribution in [1.82, 2.24) is 4.90 Å². The maximum absolute atomic E-state index is 12.8. The van der Waals surface area contributed by atoms with Crippen LogP contribution < -0.4 is 0 Å². The number of halogens is 1. The van der Waals surface area contributed by atoms with Gasteiger partial charge in [0.25, 0.3) is 0 Å². The van der Waals surface area contributed by atoms with Crippen LogP contribution >= 0.6 is 0 Å². The predicted octanol–water partition coefficient (Wildman–Crippen LogP) is 3.20. The van der Waals surface area contributed by atoms with Crippen LogP contribution in [0.5, 0.6) is 0 Å². The quantitative estimate of drug-likeness (QED) is 0.757. The average Bonchev–Trinajstić information content (AvgIpc) is 2.63. The Hall–Kier alpha value is -1.77. The number of hydrogen-bond acceptors (Lipinski definition) is 2. The average molecular weight is 219 g/mol. The molecule has 2 nitrogen and oxygen atoms in total. The third kappa shape index (κ3) is 1.94. The van der Waals surface area contributed by atoms with Gasteiger partial charge in [0.05, 0.1) is 5.70 Å². The molecule has 0 spiro atoms. The van der Waals surface area contributed by atoms with Crippen LogP contribution in [0, 0.1) is 5.82 Å². The molecule has 0 amide bonds. The lowest BCUT2D eigenvalue weighted by atomic mass is 10.2. The standard InChI is InChI=1S/C13H14FNO/c1-3-4-12-9-16-13(15(12)2)10-5-7-11(14)8-6-10/h3-9,13H,1-2H3. The molecule has 1 heterocycles. The second-order valence-electron chi connectivity index (χ2n) is 3.69. The summed E-state index contributed by atoms with van der Waals surface area (Å²) < 4.78 is 18.3. The van der Waals surface area contributed by atoms with Crippen LogP contribution in [0.2, 0.25) is 0 Å². The fourth-order valence-corrected chi connectivity index (χ4v) is 1.70. The van der Waals surface area contributed by atoms with Gasteiger partial charge >= 0.3 is 0 Å². The van der Waals surface area contributed by atoms with Crippen LogP contribution in [0.15, 0.2) is 48.4 Å². The molecule has 0 radical (unpaired) electrons. The molecule has 0 aromatic heterocycles. The van der Waals surface area contributed by atoms with E-state index in [1.807, 2.05) is 31.0 Å². The van der Waals surface area contributed by atoms with Gasteiger partial charge in [0, 0.05) is 12.6 Å². The highest BCUT2D eigenvalue weighted by molar-refractivity contribution is 5.25. The van der Waals surface area contributed by atoms with E-state index in [0.717, 1.165) is 11.3 Å². The molecule has 0 fully saturated rings. The van der Waals surface area contributed by atoms with Crippen molar-refractivity contribution >= 4 is 0 Å². The molecule has 0 aliphatic carbocycles. The van der Waals surface area contributed by atoms with Crippen LogP contribution in [-0.2, 0) is 4.74 Å². The smallest absolute Gasteiger partial charge is 0.197 e. The van der Waals surface area contributed by atoms with Gasteiger partial charge in [-0.25, -0.2) is 4.39 Å². The summed E-state index contributed by atoms with van der Waals surface area (Å²) in [5.41, 5.74) is 1.96. The lowest BCUT2D eigenvalue weighted by Crippen LogP contribution is -2.18. The Morgan fingerprint density at radius 3 is 2.62 bits per heavy atom. The summed E-state index contributed by atoms with van der Waals surface area (Å²) in [4.78, 5) is 2.01. The fourth-order valence-electron chi connectivity index (χ4n) is 1.70. The molecule has 1 unspecified atom stereocenters. The largest absolute Gasteiger partial charge is 0.472 e. The summed E-state index contributed by atoms with van der Waals surface area (Å²) in [6.07, 6.45) is 5.49. The molecule has 0 bridgehead atoms. The SMILES string of the molecule is CC=CC1=COC(c2ccc(F)cc2)N1C. The van der Waals surface area contributed by atoms with Gasteiger partial charge < -0.3 is 9.64 Å². The molecule has 0 saturated carbocycles. The number of nitrogens with zero attached hydrogens (tertiary/aromatic N) is 1. The van der Waals surface area contributed by atoms with Crippen molar-refractivity contribution in [1.29, 1.82) is 0 Å². The van der Waals surface area contributed by atoms with E-state index < -0.39 is 0 Å². The Bertz CT molecular complexity index is 422. The Morgan fingerprint density at radius 2 is 2.00 bits per heavy atom.